The highest BCUT2D eigenvalue weighted by Gasteiger charge is 2.18. The van der Waals surface area contributed by atoms with E-state index in [0.717, 1.165) is 42.8 Å². The van der Waals surface area contributed by atoms with E-state index in [0.29, 0.717) is 0 Å². The average molecular weight is 304 g/mol. The lowest BCUT2D eigenvalue weighted by atomic mass is 10.2. The number of hydrogen-bond acceptors (Lipinski definition) is 5. The highest BCUT2D eigenvalue weighted by atomic mass is 35.5. The Morgan fingerprint density at radius 2 is 1.67 bits per heavy atom. The zero-order valence-electron chi connectivity index (χ0n) is 12.0. The van der Waals surface area contributed by atoms with Crippen molar-refractivity contribution >= 4 is 28.9 Å². The van der Waals surface area contributed by atoms with E-state index in [1.165, 1.54) is 5.69 Å². The maximum Gasteiger partial charge on any atom is 0.134 e. The summed E-state index contributed by atoms with van der Waals surface area (Å²) >= 11 is 5.94. The lowest BCUT2D eigenvalue weighted by Gasteiger charge is -2.36. The summed E-state index contributed by atoms with van der Waals surface area (Å²) in [6.45, 7) is 3.84. The van der Waals surface area contributed by atoms with Crippen molar-refractivity contribution in [1.82, 2.24) is 9.97 Å². The van der Waals surface area contributed by atoms with Crippen molar-refractivity contribution in [2.75, 3.05) is 48.3 Å². The number of anilines is 3. The molecule has 2 heterocycles. The van der Waals surface area contributed by atoms with Gasteiger partial charge in [-0.2, -0.15) is 0 Å². The molecule has 1 saturated heterocycles. The summed E-state index contributed by atoms with van der Waals surface area (Å²) in [6, 6.07) is 10.0. The predicted molar refractivity (Wildman–Crippen MR) is 87.5 cm³/mol. The first kappa shape index (κ1) is 13.9. The van der Waals surface area contributed by atoms with Crippen LogP contribution in [0.2, 0.25) is 5.02 Å². The number of piperazine rings is 1. The largest absolute Gasteiger partial charge is 0.373 e. The summed E-state index contributed by atoms with van der Waals surface area (Å²) in [5, 5.41) is 3.82. The van der Waals surface area contributed by atoms with Crippen molar-refractivity contribution < 1.29 is 0 Å². The SMILES string of the molecule is CNc1cc(N2CCN(c3ccc(Cl)cc3)CC2)ncn1. The Morgan fingerprint density at radius 1 is 1.00 bits per heavy atom. The quantitative estimate of drug-likeness (QED) is 0.944. The highest BCUT2D eigenvalue weighted by molar-refractivity contribution is 6.30. The molecule has 6 heteroatoms. The van der Waals surface area contributed by atoms with Crippen molar-refractivity contribution in [1.29, 1.82) is 0 Å². The molecule has 1 N–H and O–H groups in total. The van der Waals surface area contributed by atoms with Crippen LogP contribution in [0.5, 0.6) is 0 Å². The van der Waals surface area contributed by atoms with Gasteiger partial charge in [-0.15, -0.1) is 0 Å². The van der Waals surface area contributed by atoms with Gasteiger partial charge in [-0.25, -0.2) is 9.97 Å². The first-order chi connectivity index (χ1) is 10.3. The zero-order chi connectivity index (χ0) is 14.7. The van der Waals surface area contributed by atoms with E-state index in [9.17, 15) is 0 Å². The molecule has 0 spiro atoms. The van der Waals surface area contributed by atoms with Crippen LogP contribution in [-0.2, 0) is 0 Å². The number of hydrogen-bond donors (Lipinski definition) is 1. The van der Waals surface area contributed by atoms with Crippen molar-refractivity contribution in [2.24, 2.45) is 0 Å². The number of rotatable bonds is 3. The van der Waals surface area contributed by atoms with Gasteiger partial charge in [0.25, 0.3) is 0 Å². The second kappa shape index (κ2) is 6.18. The Balaban J connectivity index is 1.65. The number of halogens is 1. The van der Waals surface area contributed by atoms with Gasteiger partial charge in [-0.3, -0.25) is 0 Å². The van der Waals surface area contributed by atoms with E-state index < -0.39 is 0 Å². The second-order valence-electron chi connectivity index (χ2n) is 4.96. The second-order valence-corrected chi connectivity index (χ2v) is 5.40. The first-order valence-corrected chi connectivity index (χ1v) is 7.39. The Kier molecular flexibility index (Phi) is 4.10. The van der Waals surface area contributed by atoms with Crippen LogP contribution in [0.1, 0.15) is 0 Å². The molecule has 1 fully saturated rings. The van der Waals surface area contributed by atoms with E-state index in [2.05, 4.69) is 37.2 Å². The first-order valence-electron chi connectivity index (χ1n) is 7.01. The van der Waals surface area contributed by atoms with Gasteiger partial charge in [0, 0.05) is 50.0 Å². The maximum atomic E-state index is 5.94. The van der Waals surface area contributed by atoms with E-state index in [-0.39, 0.29) is 0 Å². The minimum Gasteiger partial charge on any atom is -0.373 e. The number of aromatic nitrogens is 2. The topological polar surface area (TPSA) is 44.3 Å². The molecule has 110 valence electrons. The standard InChI is InChI=1S/C15H18ClN5/c1-17-14-10-15(19-11-18-14)21-8-6-20(7-9-21)13-4-2-12(16)3-5-13/h2-5,10-11H,6-9H2,1H3,(H,17,18,19). The van der Waals surface area contributed by atoms with Gasteiger partial charge in [0.1, 0.15) is 18.0 Å². The summed E-state index contributed by atoms with van der Waals surface area (Å²) < 4.78 is 0. The molecule has 0 atom stereocenters. The van der Waals surface area contributed by atoms with Crippen molar-refractivity contribution in [3.63, 3.8) is 0 Å². The van der Waals surface area contributed by atoms with E-state index in [1.807, 2.05) is 25.2 Å². The minimum absolute atomic E-state index is 0.776. The van der Waals surface area contributed by atoms with Gasteiger partial charge < -0.3 is 15.1 Å². The molecule has 0 bridgehead atoms. The Bertz CT molecular complexity index is 593. The van der Waals surface area contributed by atoms with Crippen LogP contribution in [0.4, 0.5) is 17.3 Å². The Morgan fingerprint density at radius 3 is 2.33 bits per heavy atom. The molecule has 0 aliphatic carbocycles. The fraction of sp³-hybridized carbons (Fsp3) is 0.333. The third-order valence-electron chi connectivity index (χ3n) is 3.70. The van der Waals surface area contributed by atoms with Gasteiger partial charge in [0.15, 0.2) is 0 Å². The summed E-state index contributed by atoms with van der Waals surface area (Å²) in [5.74, 6) is 1.82. The molecule has 1 aliphatic rings. The van der Waals surface area contributed by atoms with Gasteiger partial charge in [0.05, 0.1) is 0 Å². The van der Waals surface area contributed by atoms with Crippen molar-refractivity contribution in [3.8, 4) is 0 Å². The van der Waals surface area contributed by atoms with Crippen LogP contribution in [0.25, 0.3) is 0 Å². The van der Waals surface area contributed by atoms with Gasteiger partial charge in [-0.05, 0) is 24.3 Å². The summed E-state index contributed by atoms with van der Waals surface area (Å²) in [4.78, 5) is 13.2. The predicted octanol–water partition coefficient (Wildman–Crippen LogP) is 2.50. The summed E-state index contributed by atoms with van der Waals surface area (Å²) in [5.41, 5.74) is 1.22. The Labute approximate surface area is 129 Å². The lowest BCUT2D eigenvalue weighted by Crippen LogP contribution is -2.46. The highest BCUT2D eigenvalue weighted by Crippen LogP contribution is 2.21. The van der Waals surface area contributed by atoms with Crippen LogP contribution in [-0.4, -0.2) is 43.2 Å². The van der Waals surface area contributed by atoms with E-state index >= 15 is 0 Å². The van der Waals surface area contributed by atoms with Crippen LogP contribution < -0.4 is 15.1 Å². The molecule has 0 unspecified atom stereocenters. The fourth-order valence-electron chi connectivity index (χ4n) is 2.50. The number of nitrogens with one attached hydrogen (secondary N) is 1. The monoisotopic (exact) mass is 303 g/mol. The maximum absolute atomic E-state index is 5.94. The lowest BCUT2D eigenvalue weighted by molar-refractivity contribution is 0.647. The van der Waals surface area contributed by atoms with Gasteiger partial charge in [-0.1, -0.05) is 11.6 Å². The van der Waals surface area contributed by atoms with Gasteiger partial charge in [0.2, 0.25) is 0 Å². The fourth-order valence-corrected chi connectivity index (χ4v) is 2.63. The van der Waals surface area contributed by atoms with Gasteiger partial charge >= 0.3 is 0 Å². The number of nitrogens with zero attached hydrogens (tertiary/aromatic N) is 4. The number of benzene rings is 1. The molecule has 1 aromatic heterocycles. The molecule has 1 aliphatic heterocycles. The minimum atomic E-state index is 0.776. The molecular weight excluding hydrogens is 286 g/mol. The van der Waals surface area contributed by atoms with E-state index in [1.54, 1.807) is 6.33 Å². The van der Waals surface area contributed by atoms with Crippen molar-refractivity contribution in [2.45, 2.75) is 0 Å². The smallest absolute Gasteiger partial charge is 0.134 e. The van der Waals surface area contributed by atoms with Crippen LogP contribution in [0.3, 0.4) is 0 Å². The molecule has 3 rings (SSSR count). The molecule has 1 aromatic carbocycles. The third kappa shape index (κ3) is 3.19. The van der Waals surface area contributed by atoms with Crippen LogP contribution in [0.15, 0.2) is 36.7 Å². The molecular formula is C15H18ClN5. The third-order valence-corrected chi connectivity index (χ3v) is 3.96. The van der Waals surface area contributed by atoms with Crippen molar-refractivity contribution in [3.05, 3.63) is 41.7 Å². The molecule has 0 saturated carbocycles. The Hall–Kier alpha value is -2.01. The molecule has 0 amide bonds. The van der Waals surface area contributed by atoms with Crippen LogP contribution in [0, 0.1) is 0 Å². The summed E-state index contributed by atoms with van der Waals surface area (Å²) in [6.07, 6.45) is 1.60. The molecule has 5 nitrogen and oxygen atoms in total. The summed E-state index contributed by atoms with van der Waals surface area (Å²) in [7, 11) is 1.87. The molecule has 2 aromatic rings. The molecule has 0 radical (unpaired) electrons. The average Bonchev–Trinajstić information content (AvgIpc) is 2.56. The van der Waals surface area contributed by atoms with E-state index in [4.69, 9.17) is 11.6 Å². The zero-order valence-corrected chi connectivity index (χ0v) is 12.7. The normalized spacial score (nSPS) is 15.1. The molecule has 21 heavy (non-hydrogen) atoms. The van der Waals surface area contributed by atoms with Crippen LogP contribution >= 0.6 is 11.6 Å².